The minimum Gasteiger partial charge on any atom is -0.347 e. The highest BCUT2D eigenvalue weighted by atomic mass is 16.2. The van der Waals surface area contributed by atoms with Crippen molar-refractivity contribution >= 4 is 5.91 Å². The molecule has 3 rings (SSSR count). The fourth-order valence-corrected chi connectivity index (χ4v) is 3.18. The summed E-state index contributed by atoms with van der Waals surface area (Å²) in [5.74, 6) is -0.118. The van der Waals surface area contributed by atoms with Gasteiger partial charge in [0.2, 0.25) is 0 Å². The van der Waals surface area contributed by atoms with E-state index >= 15 is 0 Å². The number of hydrogen-bond acceptors (Lipinski definition) is 4. The Kier molecular flexibility index (Phi) is 4.92. The van der Waals surface area contributed by atoms with E-state index in [0.717, 1.165) is 32.5 Å². The molecule has 0 saturated carbocycles. The quantitative estimate of drug-likeness (QED) is 0.929. The second-order valence-corrected chi connectivity index (χ2v) is 6.25. The summed E-state index contributed by atoms with van der Waals surface area (Å²) in [7, 11) is 1.78. The summed E-state index contributed by atoms with van der Waals surface area (Å²) in [6.07, 6.45) is 7.37. The van der Waals surface area contributed by atoms with Crippen LogP contribution in [0.3, 0.4) is 0 Å². The first kappa shape index (κ1) is 16.2. The van der Waals surface area contributed by atoms with Crippen LogP contribution in [-0.2, 0) is 13.6 Å². The predicted molar refractivity (Wildman–Crippen MR) is 90.1 cm³/mol. The molecule has 1 atom stereocenters. The first-order chi connectivity index (χ1) is 11.7. The van der Waals surface area contributed by atoms with Gasteiger partial charge < -0.3 is 9.88 Å². The molecule has 0 unspecified atom stereocenters. The molecule has 1 N–H and O–H groups in total. The fourth-order valence-electron chi connectivity index (χ4n) is 3.18. The van der Waals surface area contributed by atoms with Crippen molar-refractivity contribution in [2.24, 2.45) is 7.05 Å². The molecule has 6 nitrogen and oxygen atoms in total. The Morgan fingerprint density at radius 3 is 3.12 bits per heavy atom. The molecule has 3 heterocycles. The molecule has 0 radical (unpaired) electrons. The molecule has 2 aromatic heterocycles. The molecular weight excluding hydrogens is 302 g/mol. The van der Waals surface area contributed by atoms with Crippen LogP contribution in [0.2, 0.25) is 0 Å². The van der Waals surface area contributed by atoms with Gasteiger partial charge in [-0.25, -0.2) is 0 Å². The largest absolute Gasteiger partial charge is 0.347 e. The van der Waals surface area contributed by atoms with Gasteiger partial charge in [0.1, 0.15) is 11.8 Å². The molecular formula is C18H21N5O. The molecule has 0 bridgehead atoms. The maximum Gasteiger partial charge on any atom is 0.268 e. The van der Waals surface area contributed by atoms with E-state index in [1.54, 1.807) is 30.1 Å². The number of nitrogens with one attached hydrogen (secondary N) is 1. The molecule has 1 amide bonds. The van der Waals surface area contributed by atoms with Gasteiger partial charge in [0.15, 0.2) is 0 Å². The Bertz CT molecular complexity index is 747. The molecule has 6 heteroatoms. The number of nitriles is 1. The van der Waals surface area contributed by atoms with Crippen LogP contribution in [0.25, 0.3) is 0 Å². The number of aryl methyl sites for hydroxylation is 1. The van der Waals surface area contributed by atoms with Crippen molar-refractivity contribution in [3.05, 3.63) is 53.6 Å². The number of amides is 1. The van der Waals surface area contributed by atoms with Crippen molar-refractivity contribution in [1.82, 2.24) is 19.8 Å². The average Bonchev–Trinajstić information content (AvgIpc) is 2.97. The molecule has 0 aliphatic carbocycles. The Morgan fingerprint density at radius 2 is 2.42 bits per heavy atom. The van der Waals surface area contributed by atoms with E-state index in [1.165, 1.54) is 5.56 Å². The fraction of sp³-hybridized carbons (Fsp3) is 0.389. The highest BCUT2D eigenvalue weighted by molar-refractivity contribution is 5.93. The maximum atomic E-state index is 12.5. The van der Waals surface area contributed by atoms with Crippen molar-refractivity contribution in [2.75, 3.05) is 13.1 Å². The van der Waals surface area contributed by atoms with Crippen LogP contribution in [0.5, 0.6) is 0 Å². The number of rotatable bonds is 4. The summed E-state index contributed by atoms with van der Waals surface area (Å²) in [4.78, 5) is 19.0. The van der Waals surface area contributed by atoms with Gasteiger partial charge in [0.25, 0.3) is 5.91 Å². The van der Waals surface area contributed by atoms with E-state index in [4.69, 9.17) is 5.26 Å². The number of nitrogens with zero attached hydrogens (tertiary/aromatic N) is 4. The lowest BCUT2D eigenvalue weighted by molar-refractivity contribution is 0.0892. The Labute approximate surface area is 141 Å². The minimum absolute atomic E-state index is 0.118. The van der Waals surface area contributed by atoms with Crippen LogP contribution < -0.4 is 5.32 Å². The van der Waals surface area contributed by atoms with Crippen LogP contribution in [0, 0.1) is 11.3 Å². The zero-order valence-electron chi connectivity index (χ0n) is 13.8. The third kappa shape index (κ3) is 3.81. The summed E-state index contributed by atoms with van der Waals surface area (Å²) < 4.78 is 1.70. The molecule has 1 fully saturated rings. The topological polar surface area (TPSA) is 74.0 Å². The zero-order valence-corrected chi connectivity index (χ0v) is 13.8. The van der Waals surface area contributed by atoms with Crippen molar-refractivity contribution < 1.29 is 4.79 Å². The summed E-state index contributed by atoms with van der Waals surface area (Å²) in [5, 5.41) is 12.0. The highest BCUT2D eigenvalue weighted by Crippen LogP contribution is 2.14. The normalized spacial score (nSPS) is 18.1. The SMILES string of the molecule is Cn1cc(C#N)cc1C(=O)N[C@H]1CCCN(Cc2cccnc2)C1. The number of piperidine rings is 1. The number of aromatic nitrogens is 2. The van der Waals surface area contributed by atoms with E-state index < -0.39 is 0 Å². The Morgan fingerprint density at radius 1 is 1.54 bits per heavy atom. The minimum atomic E-state index is -0.118. The molecule has 1 aliphatic heterocycles. The summed E-state index contributed by atoms with van der Waals surface area (Å²) >= 11 is 0. The van der Waals surface area contributed by atoms with Gasteiger partial charge in [-0.1, -0.05) is 6.07 Å². The molecule has 2 aromatic rings. The number of likely N-dealkylation sites (tertiary alicyclic amines) is 1. The van der Waals surface area contributed by atoms with E-state index in [0.29, 0.717) is 11.3 Å². The van der Waals surface area contributed by atoms with Crippen molar-refractivity contribution in [3.8, 4) is 6.07 Å². The monoisotopic (exact) mass is 323 g/mol. The average molecular weight is 323 g/mol. The van der Waals surface area contributed by atoms with Gasteiger partial charge in [-0.05, 0) is 37.1 Å². The first-order valence-electron chi connectivity index (χ1n) is 8.14. The van der Waals surface area contributed by atoms with Gasteiger partial charge in [-0.15, -0.1) is 0 Å². The number of pyridine rings is 1. The molecule has 24 heavy (non-hydrogen) atoms. The van der Waals surface area contributed by atoms with E-state index in [2.05, 4.69) is 27.3 Å². The van der Waals surface area contributed by atoms with Crippen molar-refractivity contribution in [3.63, 3.8) is 0 Å². The molecule has 0 aromatic carbocycles. The number of carbonyl (C=O) groups is 1. The Hall–Kier alpha value is -2.65. The Balaban J connectivity index is 1.59. The molecule has 0 spiro atoms. The van der Waals surface area contributed by atoms with E-state index in [-0.39, 0.29) is 11.9 Å². The second-order valence-electron chi connectivity index (χ2n) is 6.25. The van der Waals surface area contributed by atoms with E-state index in [1.807, 2.05) is 12.3 Å². The van der Waals surface area contributed by atoms with Gasteiger partial charge in [-0.3, -0.25) is 14.7 Å². The number of hydrogen-bond donors (Lipinski definition) is 1. The van der Waals surface area contributed by atoms with Gasteiger partial charge >= 0.3 is 0 Å². The van der Waals surface area contributed by atoms with Crippen LogP contribution in [0.1, 0.15) is 34.5 Å². The maximum absolute atomic E-state index is 12.5. The van der Waals surface area contributed by atoms with Crippen LogP contribution in [-0.4, -0.2) is 39.5 Å². The summed E-state index contributed by atoms with van der Waals surface area (Å²) in [5.41, 5.74) is 2.21. The summed E-state index contributed by atoms with van der Waals surface area (Å²) in [6.45, 7) is 2.71. The molecule has 1 aliphatic rings. The third-order valence-electron chi connectivity index (χ3n) is 4.34. The summed E-state index contributed by atoms with van der Waals surface area (Å²) in [6, 6.07) is 7.84. The van der Waals surface area contributed by atoms with E-state index in [9.17, 15) is 4.79 Å². The van der Waals surface area contributed by atoms with Crippen molar-refractivity contribution in [2.45, 2.75) is 25.4 Å². The number of carbonyl (C=O) groups excluding carboxylic acids is 1. The van der Waals surface area contributed by atoms with Crippen molar-refractivity contribution in [1.29, 1.82) is 5.26 Å². The third-order valence-corrected chi connectivity index (χ3v) is 4.34. The van der Waals surface area contributed by atoms with Gasteiger partial charge in [-0.2, -0.15) is 5.26 Å². The highest BCUT2D eigenvalue weighted by Gasteiger charge is 2.23. The lowest BCUT2D eigenvalue weighted by Gasteiger charge is -2.33. The lowest BCUT2D eigenvalue weighted by atomic mass is 10.0. The molecule has 124 valence electrons. The lowest BCUT2D eigenvalue weighted by Crippen LogP contribution is -2.47. The predicted octanol–water partition coefficient (Wildman–Crippen LogP) is 1.69. The van der Waals surface area contributed by atoms with Gasteiger partial charge in [0.05, 0.1) is 5.56 Å². The van der Waals surface area contributed by atoms with Crippen LogP contribution >= 0.6 is 0 Å². The first-order valence-corrected chi connectivity index (χ1v) is 8.14. The second kappa shape index (κ2) is 7.28. The molecule has 1 saturated heterocycles. The van der Waals surface area contributed by atoms with Gasteiger partial charge in [0, 0.05) is 44.8 Å². The smallest absolute Gasteiger partial charge is 0.268 e. The zero-order chi connectivity index (χ0) is 16.9. The van der Waals surface area contributed by atoms with Crippen LogP contribution in [0.15, 0.2) is 36.8 Å². The van der Waals surface area contributed by atoms with Crippen LogP contribution in [0.4, 0.5) is 0 Å². The standard InChI is InChI=1S/C18H21N5O/c1-22-11-15(9-19)8-17(22)18(24)21-16-5-3-7-23(13-16)12-14-4-2-6-20-10-14/h2,4,6,8,10-11,16H,3,5,7,12-13H2,1H3,(H,21,24)/t16-/m0/s1.